The minimum absolute atomic E-state index is 0. The van der Waals surface area contributed by atoms with E-state index in [4.69, 9.17) is 4.74 Å². The van der Waals surface area contributed by atoms with Crippen molar-refractivity contribution in [1.29, 1.82) is 0 Å². The Morgan fingerprint density at radius 1 is 1.18 bits per heavy atom. The number of halogens is 1. The van der Waals surface area contributed by atoms with Crippen molar-refractivity contribution < 1.29 is 4.74 Å². The van der Waals surface area contributed by atoms with Crippen LogP contribution in [0.5, 0.6) is 5.75 Å². The Bertz CT molecular complexity index is 442. The lowest BCUT2D eigenvalue weighted by Crippen LogP contribution is -2.42. The van der Waals surface area contributed by atoms with Gasteiger partial charge >= 0.3 is 0 Å². The Morgan fingerprint density at radius 2 is 1.95 bits per heavy atom. The molecule has 2 aliphatic rings. The Morgan fingerprint density at radius 3 is 2.64 bits per heavy atom. The Kier molecular flexibility index (Phi) is 7.00. The van der Waals surface area contributed by atoms with Crippen LogP contribution in [-0.4, -0.2) is 37.2 Å². The molecule has 22 heavy (non-hydrogen) atoms. The molecule has 1 aliphatic carbocycles. The van der Waals surface area contributed by atoms with Crippen molar-refractivity contribution in [3.05, 3.63) is 29.8 Å². The highest BCUT2D eigenvalue weighted by molar-refractivity contribution is 5.85. The van der Waals surface area contributed by atoms with Crippen LogP contribution in [0.4, 0.5) is 0 Å². The lowest BCUT2D eigenvalue weighted by atomic mass is 10.0. The van der Waals surface area contributed by atoms with Crippen LogP contribution in [0.25, 0.3) is 0 Å². The summed E-state index contributed by atoms with van der Waals surface area (Å²) < 4.78 is 5.58. The second-order valence-electron chi connectivity index (χ2n) is 6.48. The smallest absolute Gasteiger partial charge is 0.119 e. The number of nitrogens with one attached hydrogen (secondary N) is 1. The van der Waals surface area contributed by atoms with Crippen molar-refractivity contribution in [3.8, 4) is 5.75 Å². The molecule has 0 radical (unpaired) electrons. The first-order chi connectivity index (χ1) is 10.3. The number of rotatable bonds is 7. The van der Waals surface area contributed by atoms with Gasteiger partial charge in [0.15, 0.2) is 0 Å². The molecular formula is C18H29ClN2O. The summed E-state index contributed by atoms with van der Waals surface area (Å²) >= 11 is 0. The largest absolute Gasteiger partial charge is 0.494 e. The first kappa shape index (κ1) is 17.6. The number of ether oxygens (including phenoxy) is 1. The van der Waals surface area contributed by atoms with Gasteiger partial charge in [0.25, 0.3) is 0 Å². The summed E-state index contributed by atoms with van der Waals surface area (Å²) in [4.78, 5) is 2.57. The maximum Gasteiger partial charge on any atom is 0.119 e. The lowest BCUT2D eigenvalue weighted by Gasteiger charge is -2.32. The number of hydrogen-bond acceptors (Lipinski definition) is 3. The highest BCUT2D eigenvalue weighted by atomic mass is 35.5. The Balaban J connectivity index is 0.00000176. The molecule has 1 saturated heterocycles. The van der Waals surface area contributed by atoms with Gasteiger partial charge in [-0.3, -0.25) is 4.90 Å². The molecule has 4 heteroatoms. The molecule has 0 unspecified atom stereocenters. The SMILES string of the molecule is CCOc1cccc(CN2CCC(NCC3CC3)CC2)c1.Cl. The Hall–Kier alpha value is -0.770. The van der Waals surface area contributed by atoms with Crippen LogP contribution in [-0.2, 0) is 6.54 Å². The number of hydrogen-bond donors (Lipinski definition) is 1. The molecule has 0 bridgehead atoms. The van der Waals surface area contributed by atoms with Crippen molar-refractivity contribution in [2.24, 2.45) is 5.92 Å². The average Bonchev–Trinajstić information content (AvgIpc) is 3.32. The second kappa shape index (κ2) is 8.76. The van der Waals surface area contributed by atoms with E-state index >= 15 is 0 Å². The van der Waals surface area contributed by atoms with Gasteiger partial charge in [0.1, 0.15) is 5.75 Å². The molecule has 0 spiro atoms. The third-order valence-corrected chi connectivity index (χ3v) is 4.60. The van der Waals surface area contributed by atoms with E-state index < -0.39 is 0 Å². The summed E-state index contributed by atoms with van der Waals surface area (Å²) in [5, 5.41) is 3.75. The molecule has 0 atom stereocenters. The molecule has 1 aromatic carbocycles. The molecule has 1 aliphatic heterocycles. The molecule has 0 aromatic heterocycles. The predicted molar refractivity (Wildman–Crippen MR) is 93.9 cm³/mol. The summed E-state index contributed by atoms with van der Waals surface area (Å²) in [6.45, 7) is 7.49. The van der Waals surface area contributed by atoms with E-state index in [-0.39, 0.29) is 12.4 Å². The molecule has 0 amide bonds. The first-order valence-corrected chi connectivity index (χ1v) is 8.51. The molecule has 1 saturated carbocycles. The summed E-state index contributed by atoms with van der Waals surface area (Å²) in [5.41, 5.74) is 1.37. The molecule has 1 heterocycles. The summed E-state index contributed by atoms with van der Waals surface area (Å²) in [7, 11) is 0. The van der Waals surface area contributed by atoms with Crippen LogP contribution in [0.1, 0.15) is 38.2 Å². The molecule has 3 nitrogen and oxygen atoms in total. The molecule has 124 valence electrons. The van der Waals surface area contributed by atoms with Crippen molar-refractivity contribution in [2.75, 3.05) is 26.2 Å². The van der Waals surface area contributed by atoms with Gasteiger partial charge in [-0.05, 0) is 75.9 Å². The van der Waals surface area contributed by atoms with E-state index in [0.29, 0.717) is 0 Å². The highest BCUT2D eigenvalue weighted by Crippen LogP contribution is 2.28. The molecule has 2 fully saturated rings. The van der Waals surface area contributed by atoms with Gasteiger partial charge < -0.3 is 10.1 Å². The van der Waals surface area contributed by atoms with Gasteiger partial charge in [-0.2, -0.15) is 0 Å². The topological polar surface area (TPSA) is 24.5 Å². The second-order valence-corrected chi connectivity index (χ2v) is 6.48. The molecule has 3 rings (SSSR count). The zero-order valence-corrected chi connectivity index (χ0v) is 14.4. The number of likely N-dealkylation sites (tertiary alicyclic amines) is 1. The van der Waals surface area contributed by atoms with Crippen LogP contribution in [0.15, 0.2) is 24.3 Å². The molecule has 1 aromatic rings. The minimum atomic E-state index is 0. The van der Waals surface area contributed by atoms with E-state index in [9.17, 15) is 0 Å². The minimum Gasteiger partial charge on any atom is -0.494 e. The number of benzene rings is 1. The monoisotopic (exact) mass is 324 g/mol. The van der Waals surface area contributed by atoms with Gasteiger partial charge in [0, 0.05) is 12.6 Å². The van der Waals surface area contributed by atoms with Gasteiger partial charge in [-0.1, -0.05) is 12.1 Å². The lowest BCUT2D eigenvalue weighted by molar-refractivity contribution is 0.190. The van der Waals surface area contributed by atoms with Crippen LogP contribution in [0, 0.1) is 5.92 Å². The van der Waals surface area contributed by atoms with Crippen molar-refractivity contribution >= 4 is 12.4 Å². The van der Waals surface area contributed by atoms with Crippen LogP contribution < -0.4 is 10.1 Å². The van der Waals surface area contributed by atoms with Crippen molar-refractivity contribution in [2.45, 2.75) is 45.2 Å². The number of nitrogens with zero attached hydrogens (tertiary/aromatic N) is 1. The summed E-state index contributed by atoms with van der Waals surface area (Å²) in [6, 6.07) is 9.28. The number of piperidine rings is 1. The van der Waals surface area contributed by atoms with E-state index in [2.05, 4.69) is 28.4 Å². The summed E-state index contributed by atoms with van der Waals surface area (Å²) in [5.74, 6) is 1.99. The van der Waals surface area contributed by atoms with Crippen molar-refractivity contribution in [3.63, 3.8) is 0 Å². The average molecular weight is 325 g/mol. The predicted octanol–water partition coefficient (Wildman–Crippen LogP) is 3.47. The quantitative estimate of drug-likeness (QED) is 0.831. The van der Waals surface area contributed by atoms with Gasteiger partial charge in [0.05, 0.1) is 6.61 Å². The van der Waals surface area contributed by atoms with E-state index in [1.54, 1.807) is 0 Å². The van der Waals surface area contributed by atoms with Gasteiger partial charge in [-0.25, -0.2) is 0 Å². The van der Waals surface area contributed by atoms with Crippen LogP contribution in [0.3, 0.4) is 0 Å². The highest BCUT2D eigenvalue weighted by Gasteiger charge is 2.24. The fraction of sp³-hybridized carbons (Fsp3) is 0.667. The fourth-order valence-corrected chi connectivity index (χ4v) is 3.11. The normalized spacial score (nSPS) is 19.7. The van der Waals surface area contributed by atoms with Crippen LogP contribution >= 0.6 is 12.4 Å². The maximum absolute atomic E-state index is 5.58. The zero-order chi connectivity index (χ0) is 14.5. The Labute approximate surface area is 140 Å². The molecule has 1 N–H and O–H groups in total. The van der Waals surface area contributed by atoms with Crippen LogP contribution in [0.2, 0.25) is 0 Å². The standard InChI is InChI=1S/C18H28N2O.ClH/c1-2-21-18-5-3-4-16(12-18)14-20-10-8-17(9-11-20)19-13-15-6-7-15;/h3-5,12,15,17,19H,2,6-11,13-14H2,1H3;1H. The molecular weight excluding hydrogens is 296 g/mol. The van der Waals surface area contributed by atoms with Gasteiger partial charge in [-0.15, -0.1) is 12.4 Å². The van der Waals surface area contributed by atoms with Crippen molar-refractivity contribution in [1.82, 2.24) is 10.2 Å². The fourth-order valence-electron chi connectivity index (χ4n) is 3.11. The van der Waals surface area contributed by atoms with E-state index in [1.807, 2.05) is 13.0 Å². The van der Waals surface area contributed by atoms with Gasteiger partial charge in [0.2, 0.25) is 0 Å². The maximum atomic E-state index is 5.58. The van der Waals surface area contributed by atoms with E-state index in [0.717, 1.165) is 30.9 Å². The summed E-state index contributed by atoms with van der Waals surface area (Å²) in [6.07, 6.45) is 5.47. The zero-order valence-electron chi connectivity index (χ0n) is 13.6. The van der Waals surface area contributed by atoms with E-state index in [1.165, 1.54) is 50.9 Å². The first-order valence-electron chi connectivity index (χ1n) is 8.51. The third kappa shape index (κ3) is 5.45. The third-order valence-electron chi connectivity index (χ3n) is 4.60.